The summed E-state index contributed by atoms with van der Waals surface area (Å²) in [5.74, 6) is 0. The van der Waals surface area contributed by atoms with Gasteiger partial charge in [-0.2, -0.15) is 0 Å². The van der Waals surface area contributed by atoms with Crippen molar-refractivity contribution < 1.29 is 5.11 Å². The number of anilines is 1. The molecule has 0 radical (unpaired) electrons. The van der Waals surface area contributed by atoms with Gasteiger partial charge in [0.05, 0.1) is 5.60 Å². The first kappa shape index (κ1) is 14.3. The molecule has 4 heteroatoms. The first-order valence-corrected chi connectivity index (χ1v) is 7.68. The first-order chi connectivity index (χ1) is 9.98. The molecule has 0 unspecified atom stereocenters. The smallest absolute Gasteiger partial charge is 0.104 e. The van der Waals surface area contributed by atoms with Crippen LogP contribution in [0.1, 0.15) is 25.3 Å². The number of benzene rings is 2. The minimum Gasteiger partial charge on any atom is -0.390 e. The molecule has 0 spiro atoms. The Kier molecular flexibility index (Phi) is 3.59. The number of hydrogen-bond donors (Lipinski definition) is 2. The lowest BCUT2D eigenvalue weighted by Gasteiger charge is -2.37. The lowest BCUT2D eigenvalue weighted by Crippen LogP contribution is -2.42. The van der Waals surface area contributed by atoms with E-state index in [1.807, 2.05) is 25.1 Å². The molecular weight excluding hydrogens is 280 g/mol. The first-order valence-electron chi connectivity index (χ1n) is 7.27. The lowest BCUT2D eigenvalue weighted by atomic mass is 9.92. The second-order valence-electron chi connectivity index (χ2n) is 6.03. The average molecular weight is 300 g/mol. The van der Waals surface area contributed by atoms with Crippen molar-refractivity contribution in [2.45, 2.75) is 25.4 Å². The molecule has 1 aliphatic heterocycles. The number of nitrogens with two attached hydrogens (primary N) is 1. The highest BCUT2D eigenvalue weighted by Gasteiger charge is 2.28. The van der Waals surface area contributed by atoms with Crippen LogP contribution in [0.5, 0.6) is 0 Å². The molecule has 1 heterocycles. The summed E-state index contributed by atoms with van der Waals surface area (Å²) in [7, 11) is 0. The Morgan fingerprint density at radius 2 is 1.76 bits per heavy atom. The summed E-state index contributed by atoms with van der Waals surface area (Å²) in [6, 6.07) is 12.3. The van der Waals surface area contributed by atoms with Crippen LogP contribution in [0.15, 0.2) is 36.4 Å². The Morgan fingerprint density at radius 3 is 2.38 bits per heavy atom. The van der Waals surface area contributed by atoms with Gasteiger partial charge in [0, 0.05) is 29.7 Å². The van der Waals surface area contributed by atoms with E-state index < -0.39 is 5.60 Å². The van der Waals surface area contributed by atoms with Crippen molar-refractivity contribution in [1.82, 2.24) is 0 Å². The van der Waals surface area contributed by atoms with Crippen molar-refractivity contribution in [3.05, 3.63) is 42.0 Å². The summed E-state index contributed by atoms with van der Waals surface area (Å²) < 4.78 is 0. The molecule has 0 saturated carbocycles. The van der Waals surface area contributed by atoms with Crippen LogP contribution in [0.4, 0.5) is 5.69 Å². The highest BCUT2D eigenvalue weighted by Crippen LogP contribution is 2.33. The van der Waals surface area contributed by atoms with E-state index in [2.05, 4.69) is 23.1 Å². The molecule has 0 aliphatic carbocycles. The van der Waals surface area contributed by atoms with E-state index in [9.17, 15) is 5.11 Å². The molecule has 2 aromatic carbocycles. The van der Waals surface area contributed by atoms with Gasteiger partial charge in [-0.25, -0.2) is 0 Å². The Morgan fingerprint density at radius 1 is 1.14 bits per heavy atom. The lowest BCUT2D eigenvalue weighted by molar-refractivity contribution is 0.0352. The van der Waals surface area contributed by atoms with E-state index in [1.54, 1.807) is 0 Å². The maximum absolute atomic E-state index is 10.1. The summed E-state index contributed by atoms with van der Waals surface area (Å²) in [4.78, 5) is 2.77. The molecule has 2 aromatic rings. The highest BCUT2D eigenvalue weighted by molar-refractivity contribution is 7.80. The zero-order valence-corrected chi connectivity index (χ0v) is 13.0. The minimum absolute atomic E-state index is 0.430. The Labute approximate surface area is 130 Å². The number of thiocarbonyl (C=S) groups is 1. The van der Waals surface area contributed by atoms with E-state index in [0.717, 1.165) is 36.9 Å². The van der Waals surface area contributed by atoms with Gasteiger partial charge in [0.25, 0.3) is 0 Å². The van der Waals surface area contributed by atoms with Gasteiger partial charge in [-0.1, -0.05) is 36.5 Å². The molecule has 1 saturated heterocycles. The van der Waals surface area contributed by atoms with E-state index in [-0.39, 0.29) is 0 Å². The molecule has 0 atom stereocenters. The standard InChI is InChI=1S/C17H20N2OS/c1-17(20)8-10-19(11-9-17)15-7-6-14(16(18)21)12-4-2-3-5-13(12)15/h2-7,20H,8-11H2,1H3,(H2,18,21). The second-order valence-corrected chi connectivity index (χ2v) is 6.47. The molecule has 21 heavy (non-hydrogen) atoms. The molecule has 110 valence electrons. The quantitative estimate of drug-likeness (QED) is 0.837. The zero-order chi connectivity index (χ0) is 15.0. The fourth-order valence-corrected chi connectivity index (χ4v) is 3.18. The Bertz CT molecular complexity index is 686. The van der Waals surface area contributed by atoms with E-state index >= 15 is 0 Å². The number of fused-ring (bicyclic) bond motifs is 1. The van der Waals surface area contributed by atoms with Crippen molar-refractivity contribution in [1.29, 1.82) is 0 Å². The van der Waals surface area contributed by atoms with Gasteiger partial charge in [-0.15, -0.1) is 0 Å². The zero-order valence-electron chi connectivity index (χ0n) is 12.2. The SMILES string of the molecule is CC1(O)CCN(c2ccc(C(N)=S)c3ccccc23)CC1. The van der Waals surface area contributed by atoms with Crippen LogP contribution in [0.3, 0.4) is 0 Å². The van der Waals surface area contributed by atoms with Crippen molar-refractivity contribution in [3.63, 3.8) is 0 Å². The molecule has 3 nitrogen and oxygen atoms in total. The number of nitrogens with zero attached hydrogens (tertiary/aromatic N) is 1. The van der Waals surface area contributed by atoms with E-state index in [4.69, 9.17) is 18.0 Å². The molecule has 1 fully saturated rings. The second kappa shape index (κ2) is 5.28. The summed E-state index contributed by atoms with van der Waals surface area (Å²) in [5, 5.41) is 12.4. The summed E-state index contributed by atoms with van der Waals surface area (Å²) in [5.41, 5.74) is 7.41. The third kappa shape index (κ3) is 2.74. The predicted octanol–water partition coefficient (Wildman–Crippen LogP) is 2.83. The van der Waals surface area contributed by atoms with Crippen molar-refractivity contribution >= 4 is 33.7 Å². The Balaban J connectivity index is 2.05. The maximum Gasteiger partial charge on any atom is 0.104 e. The molecule has 0 aromatic heterocycles. The maximum atomic E-state index is 10.1. The van der Waals surface area contributed by atoms with Gasteiger partial charge < -0.3 is 15.7 Å². The van der Waals surface area contributed by atoms with Crippen molar-refractivity contribution in [2.75, 3.05) is 18.0 Å². The molecule has 0 amide bonds. The van der Waals surface area contributed by atoms with Crippen LogP contribution in [-0.4, -0.2) is 28.8 Å². The van der Waals surface area contributed by atoms with E-state index in [1.165, 1.54) is 11.1 Å². The van der Waals surface area contributed by atoms with Crippen LogP contribution in [0.2, 0.25) is 0 Å². The number of hydrogen-bond acceptors (Lipinski definition) is 3. The molecule has 1 aliphatic rings. The third-order valence-electron chi connectivity index (χ3n) is 4.35. The summed E-state index contributed by atoms with van der Waals surface area (Å²) >= 11 is 5.15. The van der Waals surface area contributed by atoms with Crippen molar-refractivity contribution in [2.24, 2.45) is 5.73 Å². The topological polar surface area (TPSA) is 49.5 Å². The summed E-state index contributed by atoms with van der Waals surface area (Å²) in [6.07, 6.45) is 1.58. The normalized spacial score (nSPS) is 17.9. The van der Waals surface area contributed by atoms with E-state index in [0.29, 0.717) is 4.99 Å². The number of rotatable bonds is 2. The van der Waals surface area contributed by atoms with Gasteiger partial charge in [0.1, 0.15) is 4.99 Å². The molecule has 3 N–H and O–H groups in total. The molecule has 3 rings (SSSR count). The van der Waals surface area contributed by atoms with Crippen LogP contribution in [0, 0.1) is 0 Å². The molecular formula is C17H20N2OS. The highest BCUT2D eigenvalue weighted by atomic mass is 32.1. The fraction of sp³-hybridized carbons (Fsp3) is 0.353. The van der Waals surface area contributed by atoms with Crippen LogP contribution in [0.25, 0.3) is 10.8 Å². The minimum atomic E-state index is -0.537. The number of piperidine rings is 1. The van der Waals surface area contributed by atoms with Crippen molar-refractivity contribution in [3.8, 4) is 0 Å². The van der Waals surface area contributed by atoms with Crippen LogP contribution < -0.4 is 10.6 Å². The van der Waals surface area contributed by atoms with Gasteiger partial charge in [-0.3, -0.25) is 0 Å². The van der Waals surface area contributed by atoms with Gasteiger partial charge in [0.2, 0.25) is 0 Å². The van der Waals surface area contributed by atoms with Gasteiger partial charge in [0.15, 0.2) is 0 Å². The predicted molar refractivity (Wildman–Crippen MR) is 91.9 cm³/mol. The van der Waals surface area contributed by atoms with Gasteiger partial charge in [-0.05, 0) is 37.3 Å². The monoisotopic (exact) mass is 300 g/mol. The van der Waals surface area contributed by atoms with Gasteiger partial charge >= 0.3 is 0 Å². The fourth-order valence-electron chi connectivity index (χ4n) is 3.00. The van der Waals surface area contributed by atoms with Crippen LogP contribution in [-0.2, 0) is 0 Å². The van der Waals surface area contributed by atoms with Crippen LogP contribution >= 0.6 is 12.2 Å². The Hall–Kier alpha value is -1.65. The summed E-state index contributed by atoms with van der Waals surface area (Å²) in [6.45, 7) is 3.64. The third-order valence-corrected chi connectivity index (χ3v) is 4.57. The largest absolute Gasteiger partial charge is 0.390 e. The molecule has 0 bridgehead atoms. The number of aliphatic hydroxyl groups is 1. The average Bonchev–Trinajstić information content (AvgIpc) is 2.46.